The van der Waals surface area contributed by atoms with E-state index in [0.29, 0.717) is 4.90 Å². The van der Waals surface area contributed by atoms with E-state index in [0.717, 1.165) is 0 Å². The molecular weight excluding hydrogens is 242 g/mol. The van der Waals surface area contributed by atoms with Gasteiger partial charge in [0.05, 0.1) is 20.5 Å². The number of rotatable bonds is 5. The van der Waals surface area contributed by atoms with Crippen molar-refractivity contribution in [3.63, 3.8) is 0 Å². The Hall–Kier alpha value is -1.50. The number of hydrogen-bond acceptors (Lipinski definition) is 3. The molecule has 19 heavy (non-hydrogen) atoms. The number of amides is 1. The predicted octanol–water partition coefficient (Wildman–Crippen LogP) is 1.05. The lowest BCUT2D eigenvalue weighted by Gasteiger charge is -2.23. The number of carbonyl (C=O) groups excluding carboxylic acids is 2. The molecule has 0 fully saturated rings. The van der Waals surface area contributed by atoms with Crippen molar-refractivity contribution in [2.75, 3.05) is 6.54 Å². The van der Waals surface area contributed by atoms with E-state index in [1.165, 1.54) is 0 Å². The summed E-state index contributed by atoms with van der Waals surface area (Å²) in [5, 5.41) is 0. The van der Waals surface area contributed by atoms with Crippen LogP contribution in [0.2, 0.25) is 0 Å². The van der Waals surface area contributed by atoms with Crippen molar-refractivity contribution >= 4 is 11.9 Å². The molecule has 0 aliphatic rings. The average molecular weight is 253 g/mol. The van der Waals surface area contributed by atoms with Crippen LogP contribution < -0.4 is 0 Å². The van der Waals surface area contributed by atoms with Crippen molar-refractivity contribution in [3.8, 4) is 11.8 Å². The SMILES string of the molecule is [CH]C#CC([CH])([CH])CC(=O)CN([CH])C(=O)OC([CH])([CH])[CH]. The van der Waals surface area contributed by atoms with Crippen LogP contribution in [0.4, 0.5) is 4.79 Å². The van der Waals surface area contributed by atoms with Gasteiger partial charge in [0, 0.05) is 32.6 Å². The van der Waals surface area contributed by atoms with Crippen molar-refractivity contribution in [3.05, 3.63) is 48.6 Å². The second kappa shape index (κ2) is 6.60. The van der Waals surface area contributed by atoms with Gasteiger partial charge in [-0.25, -0.2) is 4.79 Å². The highest BCUT2D eigenvalue weighted by atomic mass is 16.6. The lowest BCUT2D eigenvalue weighted by atomic mass is 9.88. The molecule has 0 aromatic carbocycles. The third-order valence-corrected chi connectivity index (χ3v) is 1.64. The van der Waals surface area contributed by atoms with E-state index in [2.05, 4.69) is 10.7 Å². The third-order valence-electron chi connectivity index (χ3n) is 1.64. The molecule has 94 valence electrons. The van der Waals surface area contributed by atoms with Gasteiger partial charge in [-0.05, 0) is 13.8 Å². The Morgan fingerprint density at radius 3 is 2.11 bits per heavy atom. The van der Waals surface area contributed by atoms with Gasteiger partial charge in [-0.3, -0.25) is 9.69 Å². The molecule has 1 amide bonds. The van der Waals surface area contributed by atoms with Gasteiger partial charge < -0.3 is 4.74 Å². The molecule has 4 heteroatoms. The number of carbonyl (C=O) groups is 2. The predicted molar refractivity (Wildman–Crippen MR) is 65.9 cm³/mol. The largest absolute Gasteiger partial charge is 0.442 e. The highest BCUT2D eigenvalue weighted by molar-refractivity contribution is 5.85. The van der Waals surface area contributed by atoms with E-state index >= 15 is 0 Å². The molecule has 0 saturated heterocycles. The summed E-state index contributed by atoms with van der Waals surface area (Å²) in [5.74, 6) is 3.62. The maximum absolute atomic E-state index is 11.5. The lowest BCUT2D eigenvalue weighted by Crippen LogP contribution is -2.37. The molecule has 0 saturated carbocycles. The Morgan fingerprint density at radius 2 is 1.68 bits per heavy atom. The topological polar surface area (TPSA) is 46.6 Å². The second-order valence-corrected chi connectivity index (χ2v) is 3.87. The van der Waals surface area contributed by atoms with Crippen LogP contribution in [0.3, 0.4) is 0 Å². The standard InChI is InChI=1S/C15H11NO3/c1-8-9-15(5,6)10-12(17)11-16(7)13(18)19-14(2,3)4/h1-7H,10-11H2. The zero-order valence-electron chi connectivity index (χ0n) is 10.1. The molecule has 0 aliphatic carbocycles. The van der Waals surface area contributed by atoms with E-state index in [4.69, 9.17) is 48.6 Å². The van der Waals surface area contributed by atoms with E-state index in [1.54, 1.807) is 0 Å². The van der Waals surface area contributed by atoms with E-state index in [-0.39, 0.29) is 6.42 Å². The molecular formula is C15H11NO3. The summed E-state index contributed by atoms with van der Waals surface area (Å²) in [7, 11) is 5.25. The normalized spacial score (nSPS) is 11.3. The molecule has 4 nitrogen and oxygen atoms in total. The Balaban J connectivity index is 4.41. The molecule has 0 aliphatic heterocycles. The van der Waals surface area contributed by atoms with E-state index in [9.17, 15) is 9.59 Å². The van der Waals surface area contributed by atoms with Crippen molar-refractivity contribution in [2.45, 2.75) is 12.0 Å². The van der Waals surface area contributed by atoms with Gasteiger partial charge in [0.25, 0.3) is 0 Å². The highest BCUT2D eigenvalue weighted by Gasteiger charge is 2.25. The maximum atomic E-state index is 11.5. The highest BCUT2D eigenvalue weighted by Crippen LogP contribution is 2.18. The minimum atomic E-state index is -2.20. The van der Waals surface area contributed by atoms with Crippen LogP contribution in [0.5, 0.6) is 0 Å². The van der Waals surface area contributed by atoms with Crippen molar-refractivity contribution in [1.82, 2.24) is 4.90 Å². The molecule has 0 aromatic rings. The smallest absolute Gasteiger partial charge is 0.411 e. The van der Waals surface area contributed by atoms with Crippen molar-refractivity contribution in [2.24, 2.45) is 5.41 Å². The zero-order chi connectivity index (χ0) is 15.3. The van der Waals surface area contributed by atoms with Gasteiger partial charge in [-0.15, -0.1) is 0 Å². The summed E-state index contributed by atoms with van der Waals surface area (Å²) in [6, 6.07) is 0. The Morgan fingerprint density at radius 1 is 1.16 bits per heavy atom. The fourth-order valence-electron chi connectivity index (χ4n) is 1.03. The number of ether oxygens (including phenoxy) is 1. The molecule has 0 heterocycles. The third kappa shape index (κ3) is 8.25. The van der Waals surface area contributed by atoms with Crippen LogP contribution in [0.15, 0.2) is 0 Å². The second-order valence-electron chi connectivity index (χ2n) is 3.87. The first-order valence-electron chi connectivity index (χ1n) is 4.91. The summed E-state index contributed by atoms with van der Waals surface area (Å²) < 4.78 is 4.31. The summed E-state index contributed by atoms with van der Waals surface area (Å²) in [4.78, 5) is 23.2. The van der Waals surface area contributed by atoms with Crippen LogP contribution in [0.25, 0.3) is 0 Å². The van der Waals surface area contributed by atoms with Gasteiger partial charge in [0.2, 0.25) is 0 Å². The first-order chi connectivity index (χ1) is 8.47. The minimum absolute atomic E-state index is 0.378. The summed E-state index contributed by atoms with van der Waals surface area (Å²) in [6.07, 6.45) is -1.57. The Labute approximate surface area is 116 Å². The van der Waals surface area contributed by atoms with Gasteiger partial charge in [-0.2, -0.15) is 0 Å². The van der Waals surface area contributed by atoms with Crippen LogP contribution >= 0.6 is 0 Å². The van der Waals surface area contributed by atoms with Gasteiger partial charge in [0.15, 0.2) is 5.78 Å². The first kappa shape index (κ1) is 17.5. The number of hydrogen-bond donors (Lipinski definition) is 0. The van der Waals surface area contributed by atoms with Crippen LogP contribution in [-0.4, -0.2) is 28.9 Å². The number of ketones is 1. The van der Waals surface area contributed by atoms with E-state index in [1.807, 2.05) is 5.92 Å². The average Bonchev–Trinajstić information content (AvgIpc) is 2.12. The minimum Gasteiger partial charge on any atom is -0.442 e. The van der Waals surface area contributed by atoms with Gasteiger partial charge in [0.1, 0.15) is 5.60 Å². The molecule has 0 rings (SSSR count). The quantitative estimate of drug-likeness (QED) is 0.543. The van der Waals surface area contributed by atoms with E-state index < -0.39 is 29.4 Å². The van der Waals surface area contributed by atoms with Crippen molar-refractivity contribution in [1.29, 1.82) is 0 Å². The van der Waals surface area contributed by atoms with Crippen LogP contribution in [0, 0.1) is 65.8 Å². The molecule has 0 bridgehead atoms. The Kier molecular flexibility index (Phi) is 6.08. The molecule has 14 radical (unpaired) electrons. The number of Topliss-reactive ketones (excluding diaryl/α,β-unsaturated/α-hetero) is 1. The summed E-state index contributed by atoms with van der Waals surface area (Å²) >= 11 is 0. The molecule has 0 unspecified atom stereocenters. The zero-order valence-corrected chi connectivity index (χ0v) is 10.1. The van der Waals surface area contributed by atoms with Gasteiger partial charge in [-0.1, -0.05) is 11.8 Å². The fraction of sp³-hybridized carbons (Fsp3) is 0.267. The number of nitrogens with zero attached hydrogens (tertiary/aromatic N) is 1. The molecule has 0 atom stereocenters. The van der Waals surface area contributed by atoms with Crippen LogP contribution in [0.1, 0.15) is 6.42 Å². The van der Waals surface area contributed by atoms with Crippen molar-refractivity contribution < 1.29 is 14.3 Å². The summed E-state index contributed by atoms with van der Waals surface area (Å²) in [6.45, 7) is 30.3. The Bertz CT molecular complexity index is 394. The fourth-order valence-corrected chi connectivity index (χ4v) is 1.03. The first-order valence-corrected chi connectivity index (χ1v) is 4.91. The van der Waals surface area contributed by atoms with Crippen LogP contribution in [-0.2, 0) is 9.53 Å². The lowest BCUT2D eigenvalue weighted by molar-refractivity contribution is -0.120. The monoisotopic (exact) mass is 253 g/mol. The molecule has 0 spiro atoms. The van der Waals surface area contributed by atoms with Gasteiger partial charge >= 0.3 is 6.09 Å². The molecule has 0 aromatic heterocycles. The summed E-state index contributed by atoms with van der Waals surface area (Å²) in [5.41, 5.74) is -3.82. The maximum Gasteiger partial charge on any atom is 0.411 e. The molecule has 0 N–H and O–H groups in total.